The van der Waals surface area contributed by atoms with E-state index in [2.05, 4.69) is 13.2 Å². The molecule has 2 atom stereocenters. The highest BCUT2D eigenvalue weighted by Crippen LogP contribution is 2.26. The first-order valence-electron chi connectivity index (χ1n) is 5.50. The highest BCUT2D eigenvalue weighted by atomic mass is 16.1. The smallest absolute Gasteiger partial charge is 0.137 e. The van der Waals surface area contributed by atoms with Gasteiger partial charge in [0.25, 0.3) is 0 Å². The van der Waals surface area contributed by atoms with Gasteiger partial charge in [-0.2, -0.15) is 0 Å². The van der Waals surface area contributed by atoms with E-state index >= 15 is 0 Å². The molecular formula is C14H23NO. The fourth-order valence-electron chi connectivity index (χ4n) is 2.05. The molecule has 0 spiro atoms. The lowest BCUT2D eigenvalue weighted by Crippen LogP contribution is -2.30. The Hall–Kier alpha value is -1.15. The van der Waals surface area contributed by atoms with Crippen molar-refractivity contribution in [3.8, 4) is 0 Å². The number of carbonyl (C=O) groups is 1. The van der Waals surface area contributed by atoms with Crippen LogP contribution in [0, 0.1) is 11.8 Å². The molecule has 0 rings (SSSR count). The van der Waals surface area contributed by atoms with Crippen molar-refractivity contribution in [3.05, 3.63) is 36.0 Å². The third-order valence-corrected chi connectivity index (χ3v) is 2.68. The van der Waals surface area contributed by atoms with E-state index < -0.39 is 0 Å². The summed E-state index contributed by atoms with van der Waals surface area (Å²) in [6, 6.07) is 0. The van der Waals surface area contributed by atoms with Crippen molar-refractivity contribution in [3.63, 3.8) is 0 Å². The zero-order valence-corrected chi connectivity index (χ0v) is 10.8. The Bertz CT molecular complexity index is 312. The highest BCUT2D eigenvalue weighted by molar-refractivity contribution is 5.81. The molecule has 0 heterocycles. The van der Waals surface area contributed by atoms with Crippen molar-refractivity contribution in [2.75, 3.05) is 6.54 Å². The van der Waals surface area contributed by atoms with Crippen LogP contribution in [0.15, 0.2) is 36.0 Å². The lowest BCUT2D eigenvalue weighted by molar-refractivity contribution is -0.120. The Morgan fingerprint density at radius 3 is 2.00 bits per heavy atom. The largest absolute Gasteiger partial charge is 0.330 e. The number of carbonyl (C=O) groups excluding carboxylic acids is 1. The molecule has 0 fully saturated rings. The van der Waals surface area contributed by atoms with Crippen molar-refractivity contribution in [1.82, 2.24) is 0 Å². The molecule has 0 bridgehead atoms. The van der Waals surface area contributed by atoms with Crippen LogP contribution in [-0.2, 0) is 4.79 Å². The number of nitrogens with two attached hydrogens (primary N) is 1. The van der Waals surface area contributed by atoms with Gasteiger partial charge in [-0.15, -0.1) is 0 Å². The maximum atomic E-state index is 11.6. The Balaban J connectivity index is 5.16. The predicted molar refractivity (Wildman–Crippen MR) is 70.1 cm³/mol. The van der Waals surface area contributed by atoms with Crippen LogP contribution in [0.1, 0.15) is 27.7 Å². The summed E-state index contributed by atoms with van der Waals surface area (Å²) >= 11 is 0. The fourth-order valence-corrected chi connectivity index (χ4v) is 2.05. The van der Waals surface area contributed by atoms with E-state index in [1.54, 1.807) is 6.92 Å². The number of ketones is 1. The van der Waals surface area contributed by atoms with Crippen LogP contribution in [-0.4, -0.2) is 12.3 Å². The summed E-state index contributed by atoms with van der Waals surface area (Å²) in [6.07, 6.45) is 1.98. The average Bonchev–Trinajstić information content (AvgIpc) is 2.10. The maximum absolute atomic E-state index is 11.6. The van der Waals surface area contributed by atoms with Crippen LogP contribution in [0.4, 0.5) is 0 Å². The summed E-state index contributed by atoms with van der Waals surface area (Å²) in [5.41, 5.74) is 8.70. The first-order chi connectivity index (χ1) is 7.31. The van der Waals surface area contributed by atoms with E-state index in [1.807, 2.05) is 26.8 Å². The number of allylic oxidation sites excluding steroid dienone is 3. The fraction of sp³-hybridized carbons (Fsp3) is 0.500. The van der Waals surface area contributed by atoms with Gasteiger partial charge >= 0.3 is 0 Å². The van der Waals surface area contributed by atoms with Gasteiger partial charge in [-0.25, -0.2) is 0 Å². The Labute approximate surface area is 98.9 Å². The number of hydrogen-bond donors (Lipinski definition) is 1. The zero-order chi connectivity index (χ0) is 12.9. The minimum Gasteiger partial charge on any atom is -0.330 e. The van der Waals surface area contributed by atoms with Crippen molar-refractivity contribution in [1.29, 1.82) is 0 Å². The van der Waals surface area contributed by atoms with Crippen molar-refractivity contribution < 1.29 is 4.79 Å². The van der Waals surface area contributed by atoms with Crippen LogP contribution < -0.4 is 5.73 Å². The van der Waals surface area contributed by atoms with Crippen LogP contribution in [0.3, 0.4) is 0 Å². The Morgan fingerprint density at radius 1 is 1.25 bits per heavy atom. The molecular weight excluding hydrogens is 198 g/mol. The average molecular weight is 221 g/mol. The van der Waals surface area contributed by atoms with Crippen LogP contribution in [0.25, 0.3) is 0 Å². The van der Waals surface area contributed by atoms with Crippen molar-refractivity contribution in [2.45, 2.75) is 27.7 Å². The molecule has 0 aromatic heterocycles. The zero-order valence-electron chi connectivity index (χ0n) is 10.8. The summed E-state index contributed by atoms with van der Waals surface area (Å²) in [4.78, 5) is 11.6. The standard InChI is InChI=1S/C14H23NO/c1-9(2)7-11(5)13(8-15)14(10(3)4)12(6)16/h7,13-14H,1,3,8,15H2,2,4-6H3/b11-7+/t13-,14+/m1/s1. The molecule has 0 aromatic carbocycles. The second-order valence-corrected chi connectivity index (χ2v) is 4.51. The molecule has 0 amide bonds. The Morgan fingerprint density at radius 2 is 1.75 bits per heavy atom. The summed E-state index contributed by atoms with van der Waals surface area (Å²) in [7, 11) is 0. The molecule has 0 aliphatic carbocycles. The van der Waals surface area contributed by atoms with E-state index in [-0.39, 0.29) is 17.6 Å². The van der Waals surface area contributed by atoms with E-state index in [9.17, 15) is 4.79 Å². The van der Waals surface area contributed by atoms with Gasteiger partial charge < -0.3 is 5.73 Å². The molecule has 0 radical (unpaired) electrons. The molecule has 2 N–H and O–H groups in total. The van der Waals surface area contributed by atoms with E-state index in [0.29, 0.717) is 6.54 Å². The summed E-state index contributed by atoms with van der Waals surface area (Å²) < 4.78 is 0. The summed E-state index contributed by atoms with van der Waals surface area (Å²) in [6.45, 7) is 15.6. The van der Waals surface area contributed by atoms with E-state index in [1.165, 1.54) is 0 Å². The molecule has 2 nitrogen and oxygen atoms in total. The molecule has 0 saturated heterocycles. The molecule has 16 heavy (non-hydrogen) atoms. The molecule has 2 heteroatoms. The topological polar surface area (TPSA) is 43.1 Å². The number of rotatable bonds is 6. The van der Waals surface area contributed by atoms with Gasteiger partial charge in [0.05, 0.1) is 0 Å². The number of hydrogen-bond acceptors (Lipinski definition) is 2. The van der Waals surface area contributed by atoms with Gasteiger partial charge in [0, 0.05) is 11.8 Å². The second kappa shape index (κ2) is 6.44. The van der Waals surface area contributed by atoms with Gasteiger partial charge in [0.2, 0.25) is 0 Å². The quantitative estimate of drug-likeness (QED) is 0.553. The van der Waals surface area contributed by atoms with Gasteiger partial charge in [-0.05, 0) is 34.2 Å². The highest BCUT2D eigenvalue weighted by Gasteiger charge is 2.26. The minimum absolute atomic E-state index is 0.0340. The normalized spacial score (nSPS) is 15.4. The summed E-state index contributed by atoms with van der Waals surface area (Å²) in [5.74, 6) is -0.0234. The first-order valence-corrected chi connectivity index (χ1v) is 5.50. The van der Waals surface area contributed by atoms with Crippen LogP contribution in [0.2, 0.25) is 0 Å². The molecule has 0 unspecified atom stereocenters. The van der Waals surface area contributed by atoms with Gasteiger partial charge in [-0.3, -0.25) is 4.79 Å². The van der Waals surface area contributed by atoms with E-state index in [0.717, 1.165) is 16.7 Å². The van der Waals surface area contributed by atoms with Gasteiger partial charge in [0.1, 0.15) is 5.78 Å². The lowest BCUT2D eigenvalue weighted by atomic mass is 9.79. The molecule has 0 aliphatic heterocycles. The van der Waals surface area contributed by atoms with Crippen molar-refractivity contribution in [2.24, 2.45) is 17.6 Å². The second-order valence-electron chi connectivity index (χ2n) is 4.51. The molecule has 0 saturated carbocycles. The molecule has 0 aliphatic rings. The Kier molecular flexibility index (Phi) is 5.97. The third kappa shape index (κ3) is 4.15. The molecule has 90 valence electrons. The lowest BCUT2D eigenvalue weighted by Gasteiger charge is -2.25. The maximum Gasteiger partial charge on any atom is 0.137 e. The molecule has 0 aromatic rings. The predicted octanol–water partition coefficient (Wildman–Crippen LogP) is 2.87. The van der Waals surface area contributed by atoms with E-state index in [4.69, 9.17) is 5.73 Å². The SMILES string of the molecule is C=C(C)/C=C(\C)[C@@H](CN)[C@@H](C(=C)C)C(C)=O. The number of Topliss-reactive ketones (excluding diaryl/α,β-unsaturated/α-hetero) is 1. The van der Waals surface area contributed by atoms with Crippen molar-refractivity contribution >= 4 is 5.78 Å². The monoisotopic (exact) mass is 221 g/mol. The van der Waals surface area contributed by atoms with Crippen LogP contribution >= 0.6 is 0 Å². The third-order valence-electron chi connectivity index (χ3n) is 2.68. The summed E-state index contributed by atoms with van der Waals surface area (Å²) in [5, 5.41) is 0. The first kappa shape index (κ1) is 14.8. The van der Waals surface area contributed by atoms with Crippen LogP contribution in [0.5, 0.6) is 0 Å². The minimum atomic E-state index is -0.180. The van der Waals surface area contributed by atoms with Gasteiger partial charge in [-0.1, -0.05) is 36.0 Å². The van der Waals surface area contributed by atoms with Gasteiger partial charge in [0.15, 0.2) is 0 Å².